The van der Waals surface area contributed by atoms with E-state index in [9.17, 15) is 71.5 Å². The third kappa shape index (κ3) is 8.54. The first kappa shape index (κ1) is 47.9. The first-order valence-corrected chi connectivity index (χ1v) is 21.0. The van der Waals surface area contributed by atoms with E-state index in [4.69, 9.17) is 66.3 Å². The van der Waals surface area contributed by atoms with Gasteiger partial charge in [0.2, 0.25) is 0 Å². The van der Waals surface area contributed by atoms with Crippen molar-refractivity contribution in [3.63, 3.8) is 0 Å². The summed E-state index contributed by atoms with van der Waals surface area (Å²) in [6.45, 7) is -2.74. The third-order valence-corrected chi connectivity index (χ3v) is 13.2. The Bertz CT molecular complexity index is 1560. The summed E-state index contributed by atoms with van der Waals surface area (Å²) in [5, 5.41) is 149. The third-order valence-electron chi connectivity index (χ3n) is 13.2. The van der Waals surface area contributed by atoms with E-state index in [-0.39, 0.29) is 19.8 Å². The van der Waals surface area contributed by atoms with Crippen LogP contribution in [-0.2, 0) is 66.3 Å². The van der Waals surface area contributed by atoms with E-state index >= 15 is 0 Å². The van der Waals surface area contributed by atoms with Crippen molar-refractivity contribution >= 4 is 0 Å². The summed E-state index contributed by atoms with van der Waals surface area (Å²) in [6, 6.07) is 0. The highest BCUT2D eigenvalue weighted by Crippen LogP contribution is 2.41. The molecule has 9 heterocycles. The average molecular weight is 937 g/mol. The van der Waals surface area contributed by atoms with Crippen LogP contribution in [0, 0.1) is 0 Å². The zero-order valence-corrected chi connectivity index (χ0v) is 33.5. The number of rotatable bonds is 13. The fourth-order valence-electron chi connectivity index (χ4n) is 9.61. The number of fused-ring (bicyclic) bond motifs is 6. The molecule has 9 aliphatic heterocycles. The Morgan fingerprint density at radius 1 is 0.312 bits per heavy atom. The van der Waals surface area contributed by atoms with Gasteiger partial charge in [0, 0.05) is 0 Å². The molecule has 368 valence electrons. The molecule has 14 N–H and O–H groups in total. The Labute approximate surface area is 361 Å². The van der Waals surface area contributed by atoms with Crippen LogP contribution in [-0.4, -0.2) is 295 Å². The average Bonchev–Trinajstić information content (AvgIpc) is 3.87. The van der Waals surface area contributed by atoms with Gasteiger partial charge in [-0.15, -0.1) is 0 Å². The summed E-state index contributed by atoms with van der Waals surface area (Å²) in [5.74, 6) is 0. The summed E-state index contributed by atoms with van der Waals surface area (Å²) in [6.07, 6.45) is -44.4. The predicted octanol–water partition coefficient (Wildman–Crippen LogP) is -11.0. The molecular formula is C36H56O28. The first-order chi connectivity index (χ1) is 30.6. The van der Waals surface area contributed by atoms with Crippen LogP contribution >= 0.6 is 0 Å². The quantitative estimate of drug-likeness (QED) is 0.0815. The molecule has 0 aliphatic carbocycles. The minimum atomic E-state index is -1.88. The van der Waals surface area contributed by atoms with Gasteiger partial charge in [0.25, 0.3) is 0 Å². The van der Waals surface area contributed by atoms with E-state index < -0.39 is 204 Å². The van der Waals surface area contributed by atoms with Crippen molar-refractivity contribution in [1.29, 1.82) is 0 Å². The van der Waals surface area contributed by atoms with Crippen LogP contribution in [0.1, 0.15) is 0 Å². The molecule has 0 aromatic rings. The Morgan fingerprint density at radius 2 is 0.641 bits per heavy atom. The number of hydrogen-bond acceptors (Lipinski definition) is 28. The summed E-state index contributed by atoms with van der Waals surface area (Å²) < 4.78 is 80.0. The van der Waals surface area contributed by atoms with Gasteiger partial charge in [-0.25, -0.2) is 0 Å². The second-order valence-corrected chi connectivity index (χ2v) is 17.1. The van der Waals surface area contributed by atoms with Crippen molar-refractivity contribution in [2.24, 2.45) is 0 Å². The first-order valence-electron chi connectivity index (χ1n) is 21.0. The molecular weight excluding hydrogens is 880 g/mol. The molecule has 30 atom stereocenters. The lowest BCUT2D eigenvalue weighted by Gasteiger charge is -2.48. The van der Waals surface area contributed by atoms with Gasteiger partial charge in [-0.2, -0.15) is 0 Å². The van der Waals surface area contributed by atoms with E-state index in [1.54, 1.807) is 0 Å². The minimum absolute atomic E-state index is 0.0399. The Kier molecular flexibility index (Phi) is 14.5. The van der Waals surface area contributed by atoms with E-state index in [2.05, 4.69) is 0 Å². The summed E-state index contributed by atoms with van der Waals surface area (Å²) >= 11 is 0. The van der Waals surface area contributed by atoms with E-state index in [0.717, 1.165) is 0 Å². The fourth-order valence-corrected chi connectivity index (χ4v) is 9.61. The lowest BCUT2D eigenvalue weighted by molar-refractivity contribution is -0.380. The van der Waals surface area contributed by atoms with E-state index in [1.165, 1.54) is 0 Å². The number of ether oxygens (including phenoxy) is 14. The highest BCUT2D eigenvalue weighted by molar-refractivity contribution is 5.03. The maximum absolute atomic E-state index is 11.5. The summed E-state index contributed by atoms with van der Waals surface area (Å²) in [5.41, 5.74) is 0. The van der Waals surface area contributed by atoms with Gasteiger partial charge in [0.15, 0.2) is 37.7 Å². The van der Waals surface area contributed by atoms with Crippen LogP contribution in [0.3, 0.4) is 0 Å². The smallest absolute Gasteiger partial charge is 0.187 e. The molecule has 9 aliphatic rings. The second-order valence-electron chi connectivity index (χ2n) is 17.1. The van der Waals surface area contributed by atoms with Crippen LogP contribution in [0.25, 0.3) is 0 Å². The monoisotopic (exact) mass is 936 g/mol. The molecule has 64 heavy (non-hydrogen) atoms. The molecule has 9 rings (SSSR count). The maximum atomic E-state index is 11.5. The Hall–Kier alpha value is -1.12. The van der Waals surface area contributed by atoms with Crippen molar-refractivity contribution in [3.05, 3.63) is 0 Å². The van der Waals surface area contributed by atoms with Gasteiger partial charge >= 0.3 is 0 Å². The molecule has 0 spiro atoms. The highest BCUT2D eigenvalue weighted by Gasteiger charge is 2.61. The molecule has 0 aromatic carbocycles. The van der Waals surface area contributed by atoms with Crippen LogP contribution < -0.4 is 0 Å². The lowest BCUT2D eigenvalue weighted by atomic mass is 9.96. The topological polar surface area (TPSA) is 412 Å². The minimum Gasteiger partial charge on any atom is -0.394 e. The molecule has 9 fully saturated rings. The zero-order chi connectivity index (χ0) is 45.5. The number of aliphatic hydroxyl groups excluding tert-OH is 14. The number of hydrogen-bond donors (Lipinski definition) is 14. The highest BCUT2D eigenvalue weighted by atomic mass is 16.8. The standard InChI is InChI=1S/C36H56O28/c37-1-7-13(40)26(17(44)31(50)54-7)62-35-21(48)29-23(11(58-35)5-52-29)60-34-20(47)28(15(42)9(3-39)56-34)64-36-22(49)30-24(12(59-36)6-53-30)61-33-19(46)27(14(41)8(2-38)55-33)63-32-18(45)25-16(43)10(57-32)4-51-25/h7-50H,1-6H2/t7-,8-,9-,10+,11+,12+,13+,14+,15+,16-,17-,18-,19-,20-,21-,22-,23-,24-,25-,26+,27+,28+,29+,30+,31?,32+,33+,34+,35+,36+/m1/s1. The largest absolute Gasteiger partial charge is 0.394 e. The fraction of sp³-hybridized carbons (Fsp3) is 1.00. The molecule has 0 amide bonds. The molecule has 28 nitrogen and oxygen atoms in total. The van der Waals surface area contributed by atoms with Crippen LogP contribution in [0.5, 0.6) is 0 Å². The summed E-state index contributed by atoms with van der Waals surface area (Å²) in [4.78, 5) is 0. The van der Waals surface area contributed by atoms with Gasteiger partial charge in [-0.1, -0.05) is 0 Å². The number of aliphatic hydroxyl groups is 14. The van der Waals surface area contributed by atoms with Gasteiger partial charge in [-0.05, 0) is 0 Å². The van der Waals surface area contributed by atoms with E-state index in [1.807, 2.05) is 0 Å². The molecule has 28 heteroatoms. The van der Waals surface area contributed by atoms with Gasteiger partial charge in [0.05, 0.1) is 39.6 Å². The molecule has 0 saturated carbocycles. The van der Waals surface area contributed by atoms with Crippen molar-refractivity contribution < 1.29 is 138 Å². The van der Waals surface area contributed by atoms with Crippen LogP contribution in [0.2, 0.25) is 0 Å². The predicted molar refractivity (Wildman–Crippen MR) is 189 cm³/mol. The Balaban J connectivity index is 0.831. The zero-order valence-electron chi connectivity index (χ0n) is 33.5. The van der Waals surface area contributed by atoms with Crippen LogP contribution in [0.15, 0.2) is 0 Å². The molecule has 0 aromatic heterocycles. The van der Waals surface area contributed by atoms with Gasteiger partial charge in [0.1, 0.15) is 146 Å². The molecule has 0 radical (unpaired) electrons. The molecule has 6 bridgehead atoms. The second kappa shape index (κ2) is 19.3. The van der Waals surface area contributed by atoms with Crippen molar-refractivity contribution in [1.82, 2.24) is 0 Å². The molecule has 9 saturated heterocycles. The summed E-state index contributed by atoms with van der Waals surface area (Å²) in [7, 11) is 0. The molecule has 1 unspecified atom stereocenters. The van der Waals surface area contributed by atoms with Crippen LogP contribution in [0.4, 0.5) is 0 Å². The van der Waals surface area contributed by atoms with E-state index in [0.29, 0.717) is 0 Å². The van der Waals surface area contributed by atoms with Gasteiger partial charge < -0.3 is 138 Å². The van der Waals surface area contributed by atoms with Crippen molar-refractivity contribution in [2.45, 2.75) is 184 Å². The Morgan fingerprint density at radius 3 is 1.08 bits per heavy atom. The normalized spacial score (nSPS) is 57.3. The van der Waals surface area contributed by atoms with Crippen molar-refractivity contribution in [3.8, 4) is 0 Å². The maximum Gasteiger partial charge on any atom is 0.187 e. The lowest BCUT2D eigenvalue weighted by Crippen LogP contribution is -2.66. The SMILES string of the molecule is OC[C@H]1O[C@@H](O[C@H]2[C@H]3OC[C@@H]2O[C@@H](O[C@H]2[C@@H](O)[C@@H](CO)O[C@@H](O[C@H]4[C@H]5OC[C@@H]4O[C@@H](O[C@H]4[C@@H](O)[C@@H](CO)OC(O)[C@@H]4O)[C@@H]5O)[C@@H]2O)[C@@H]3O)[C@H](O)[C@@H](O[C@@H]2O[C@H]3CO[C@@H]([C@H]2O)[C@@H]3O)[C@H]1O. The van der Waals surface area contributed by atoms with Gasteiger partial charge in [-0.3, -0.25) is 0 Å². The van der Waals surface area contributed by atoms with Crippen molar-refractivity contribution in [2.75, 3.05) is 39.6 Å².